The molecule has 1 fully saturated rings. The molecule has 30 heavy (non-hydrogen) atoms. The van der Waals surface area contributed by atoms with E-state index in [-0.39, 0.29) is 11.7 Å². The Balaban J connectivity index is 1.19. The van der Waals surface area contributed by atoms with Crippen molar-refractivity contribution < 1.29 is 13.9 Å². The van der Waals surface area contributed by atoms with Crippen molar-refractivity contribution in [1.29, 1.82) is 0 Å². The molecule has 2 N–H and O–H groups in total. The minimum atomic E-state index is -0.490. The molecule has 3 aliphatic heterocycles. The van der Waals surface area contributed by atoms with Crippen molar-refractivity contribution in [2.75, 3.05) is 36.9 Å². The number of hydrogen-bond acceptors (Lipinski definition) is 4. The molecular weight excluding hydrogens is 405 g/mol. The fourth-order valence-electron chi connectivity index (χ4n) is 4.78. The Labute approximate surface area is 179 Å². The van der Waals surface area contributed by atoms with Crippen LogP contribution in [0.1, 0.15) is 24.0 Å². The number of likely N-dealkylation sites (tertiary alicyclic amines) is 1. The first-order chi connectivity index (χ1) is 14.4. The Hall–Kier alpha value is -2.57. The lowest BCUT2D eigenvalue weighted by Crippen LogP contribution is -2.47. The standard InChI is InChI=1S/C23H23ClFN3O2/c1-14-10-15-11-17(13-19(25)21(15)26-14)30-9-8-28-6-4-23(5-7-28)18-12-16(24)2-3-20(18)27-22(23)29/h2-3,11-13,26H,1,4-10H2,(H,27,29). The van der Waals surface area contributed by atoms with Crippen LogP contribution in [0, 0.1) is 5.82 Å². The summed E-state index contributed by atoms with van der Waals surface area (Å²) in [6.07, 6.45) is 2.10. The van der Waals surface area contributed by atoms with Crippen molar-refractivity contribution in [3.63, 3.8) is 0 Å². The molecule has 3 aliphatic rings. The quantitative estimate of drug-likeness (QED) is 0.762. The summed E-state index contributed by atoms with van der Waals surface area (Å²) < 4.78 is 20.0. The van der Waals surface area contributed by atoms with Crippen LogP contribution in [-0.2, 0) is 16.6 Å². The Morgan fingerprint density at radius 1 is 1.20 bits per heavy atom. The van der Waals surface area contributed by atoms with E-state index >= 15 is 0 Å². The Bertz CT molecular complexity index is 1050. The first-order valence-electron chi connectivity index (χ1n) is 10.2. The molecule has 5 nitrogen and oxygen atoms in total. The van der Waals surface area contributed by atoms with Gasteiger partial charge in [0.2, 0.25) is 5.91 Å². The van der Waals surface area contributed by atoms with Crippen molar-refractivity contribution in [2.24, 2.45) is 0 Å². The highest BCUT2D eigenvalue weighted by atomic mass is 35.5. The molecule has 1 saturated heterocycles. The van der Waals surface area contributed by atoms with E-state index in [2.05, 4.69) is 22.1 Å². The summed E-state index contributed by atoms with van der Waals surface area (Å²) in [6.45, 7) is 6.64. The number of benzene rings is 2. The second-order valence-corrected chi connectivity index (χ2v) is 8.70. The van der Waals surface area contributed by atoms with Crippen molar-refractivity contribution in [3.8, 4) is 5.75 Å². The van der Waals surface area contributed by atoms with Crippen LogP contribution in [0.3, 0.4) is 0 Å². The van der Waals surface area contributed by atoms with Gasteiger partial charge in [0, 0.05) is 35.4 Å². The molecule has 0 atom stereocenters. The Morgan fingerprint density at radius 2 is 2.00 bits per heavy atom. The molecule has 5 rings (SSSR count). The zero-order chi connectivity index (χ0) is 20.9. The number of halogens is 2. The number of allylic oxidation sites excluding steroid dienone is 1. The third kappa shape index (κ3) is 3.24. The summed E-state index contributed by atoms with van der Waals surface area (Å²) >= 11 is 6.18. The van der Waals surface area contributed by atoms with Crippen LogP contribution in [0.25, 0.3) is 0 Å². The van der Waals surface area contributed by atoms with Gasteiger partial charge in [-0.1, -0.05) is 18.2 Å². The highest BCUT2D eigenvalue weighted by Crippen LogP contribution is 2.45. The normalized spacial score (nSPS) is 19.4. The summed E-state index contributed by atoms with van der Waals surface area (Å²) in [5, 5.41) is 6.62. The van der Waals surface area contributed by atoms with Crippen molar-refractivity contribution in [1.82, 2.24) is 4.90 Å². The molecular formula is C23H23ClFN3O2. The highest BCUT2D eigenvalue weighted by molar-refractivity contribution is 6.31. The smallest absolute Gasteiger partial charge is 0.235 e. The lowest BCUT2D eigenvalue weighted by Gasteiger charge is -2.38. The van der Waals surface area contributed by atoms with Crippen LogP contribution in [0.15, 0.2) is 42.6 Å². The fourth-order valence-corrected chi connectivity index (χ4v) is 4.95. The number of hydrogen-bond donors (Lipinski definition) is 2. The average Bonchev–Trinajstić information content (AvgIpc) is 3.22. The molecule has 0 aromatic heterocycles. The van der Waals surface area contributed by atoms with Gasteiger partial charge in [-0.05, 0) is 61.3 Å². The summed E-state index contributed by atoms with van der Waals surface area (Å²) in [4.78, 5) is 15.0. The van der Waals surface area contributed by atoms with Gasteiger partial charge in [-0.2, -0.15) is 0 Å². The summed E-state index contributed by atoms with van der Waals surface area (Å²) in [7, 11) is 0. The number of carbonyl (C=O) groups excluding carboxylic acids is 1. The van der Waals surface area contributed by atoms with Gasteiger partial charge in [0.15, 0.2) is 5.82 Å². The predicted octanol–water partition coefficient (Wildman–Crippen LogP) is 4.33. The van der Waals surface area contributed by atoms with Gasteiger partial charge in [-0.25, -0.2) is 4.39 Å². The van der Waals surface area contributed by atoms with Crippen LogP contribution >= 0.6 is 11.6 Å². The molecule has 1 spiro atoms. The molecule has 0 unspecified atom stereocenters. The number of ether oxygens (including phenoxy) is 1. The number of piperidine rings is 1. The summed E-state index contributed by atoms with van der Waals surface area (Å²) in [5.41, 5.74) is 3.57. The molecule has 3 heterocycles. The lowest BCUT2D eigenvalue weighted by atomic mass is 9.73. The van der Waals surface area contributed by atoms with Crippen LogP contribution in [0.2, 0.25) is 5.02 Å². The number of rotatable bonds is 4. The van der Waals surface area contributed by atoms with E-state index in [0.717, 1.165) is 55.0 Å². The lowest BCUT2D eigenvalue weighted by molar-refractivity contribution is -0.122. The van der Waals surface area contributed by atoms with Gasteiger partial charge in [-0.3, -0.25) is 9.69 Å². The van der Waals surface area contributed by atoms with Crippen molar-refractivity contribution in [3.05, 3.63) is 64.6 Å². The fraction of sp³-hybridized carbons (Fsp3) is 0.348. The largest absolute Gasteiger partial charge is 0.492 e. The Morgan fingerprint density at radius 3 is 2.80 bits per heavy atom. The molecule has 2 aromatic carbocycles. The van der Waals surface area contributed by atoms with Gasteiger partial charge in [0.25, 0.3) is 0 Å². The zero-order valence-electron chi connectivity index (χ0n) is 16.6. The van der Waals surface area contributed by atoms with E-state index in [1.807, 2.05) is 18.2 Å². The van der Waals surface area contributed by atoms with Crippen LogP contribution in [0.5, 0.6) is 5.75 Å². The molecule has 2 aromatic rings. The monoisotopic (exact) mass is 427 g/mol. The maximum Gasteiger partial charge on any atom is 0.235 e. The van der Waals surface area contributed by atoms with Gasteiger partial charge in [0.1, 0.15) is 12.4 Å². The SMILES string of the molecule is C=C1Cc2cc(OCCN3CCC4(CC3)C(=O)Nc3ccc(Cl)cc34)cc(F)c2N1. The molecule has 0 saturated carbocycles. The van der Waals surface area contributed by atoms with E-state index in [1.165, 1.54) is 6.07 Å². The van der Waals surface area contributed by atoms with E-state index < -0.39 is 5.41 Å². The molecule has 0 aliphatic carbocycles. The van der Waals surface area contributed by atoms with Gasteiger partial charge >= 0.3 is 0 Å². The van der Waals surface area contributed by atoms with Crippen LogP contribution < -0.4 is 15.4 Å². The van der Waals surface area contributed by atoms with E-state index in [9.17, 15) is 9.18 Å². The van der Waals surface area contributed by atoms with E-state index in [0.29, 0.717) is 29.5 Å². The van der Waals surface area contributed by atoms with Crippen molar-refractivity contribution in [2.45, 2.75) is 24.7 Å². The molecule has 0 radical (unpaired) electrons. The third-order valence-corrected chi connectivity index (χ3v) is 6.65. The summed E-state index contributed by atoms with van der Waals surface area (Å²) in [6, 6.07) is 8.89. The average molecular weight is 428 g/mol. The topological polar surface area (TPSA) is 53.6 Å². The molecule has 156 valence electrons. The third-order valence-electron chi connectivity index (χ3n) is 6.42. The maximum absolute atomic E-state index is 14.2. The minimum Gasteiger partial charge on any atom is -0.492 e. The van der Waals surface area contributed by atoms with E-state index in [1.54, 1.807) is 6.07 Å². The number of nitrogens with zero attached hydrogens (tertiary/aromatic N) is 1. The molecule has 1 amide bonds. The molecule has 0 bridgehead atoms. The second-order valence-electron chi connectivity index (χ2n) is 8.26. The maximum atomic E-state index is 14.2. The van der Waals surface area contributed by atoms with Crippen molar-refractivity contribution >= 4 is 28.9 Å². The predicted molar refractivity (Wildman–Crippen MR) is 116 cm³/mol. The summed E-state index contributed by atoms with van der Waals surface area (Å²) in [5.74, 6) is 0.292. The zero-order valence-corrected chi connectivity index (χ0v) is 17.3. The number of fused-ring (bicyclic) bond motifs is 3. The number of amides is 1. The van der Waals surface area contributed by atoms with Crippen LogP contribution in [0.4, 0.5) is 15.8 Å². The first kappa shape index (κ1) is 19.4. The second kappa shape index (κ2) is 7.29. The van der Waals surface area contributed by atoms with E-state index in [4.69, 9.17) is 16.3 Å². The van der Waals surface area contributed by atoms with Gasteiger partial charge in [-0.15, -0.1) is 0 Å². The van der Waals surface area contributed by atoms with Gasteiger partial charge < -0.3 is 15.4 Å². The van der Waals surface area contributed by atoms with Crippen LogP contribution in [-0.4, -0.2) is 37.0 Å². The first-order valence-corrected chi connectivity index (χ1v) is 10.6. The highest BCUT2D eigenvalue weighted by Gasteiger charge is 2.48. The number of carbonyl (C=O) groups is 1. The number of anilines is 2. The minimum absolute atomic E-state index is 0.0690. The molecule has 7 heteroatoms. The number of nitrogens with one attached hydrogen (secondary N) is 2. The van der Waals surface area contributed by atoms with Gasteiger partial charge in [0.05, 0.1) is 11.1 Å². The Kier molecular flexibility index (Phi) is 4.71.